The Bertz CT molecular complexity index is 178. The molecule has 2 N–H and O–H groups in total. The van der Waals surface area contributed by atoms with Crippen LogP contribution in [0.1, 0.15) is 32.1 Å². The second-order valence-corrected chi connectivity index (χ2v) is 4.73. The standard InChI is InChI=1S/C11H22N2O/c1-12-9-2-4-10(5-3-9)13-7-6-11(14)8-13/h9-12,14H,2-8H2,1H3/t9-,10-,11-/m1/s1. The van der Waals surface area contributed by atoms with E-state index in [2.05, 4.69) is 17.3 Å². The third kappa shape index (κ3) is 2.27. The fourth-order valence-electron chi connectivity index (χ4n) is 2.83. The second kappa shape index (κ2) is 4.60. The number of hydrogen-bond donors (Lipinski definition) is 2. The largest absolute Gasteiger partial charge is 0.392 e. The lowest BCUT2D eigenvalue weighted by Gasteiger charge is -2.34. The Morgan fingerprint density at radius 2 is 1.86 bits per heavy atom. The van der Waals surface area contributed by atoms with Crippen molar-refractivity contribution in [2.24, 2.45) is 0 Å². The SMILES string of the molecule is CN[C@H]1CC[C@H](N2CC[C@@H](O)C2)CC1. The van der Waals surface area contributed by atoms with E-state index in [1.807, 2.05) is 0 Å². The molecule has 0 aromatic heterocycles. The lowest BCUT2D eigenvalue weighted by molar-refractivity contribution is 0.136. The number of β-amino-alcohol motifs (C(OH)–C–C–N with tert-alkyl or cyclic N) is 1. The first kappa shape index (κ1) is 10.4. The summed E-state index contributed by atoms with van der Waals surface area (Å²) < 4.78 is 0. The minimum atomic E-state index is -0.0583. The molecule has 1 saturated carbocycles. The van der Waals surface area contributed by atoms with Crippen molar-refractivity contribution in [1.29, 1.82) is 0 Å². The summed E-state index contributed by atoms with van der Waals surface area (Å²) in [7, 11) is 2.06. The van der Waals surface area contributed by atoms with Gasteiger partial charge in [0.2, 0.25) is 0 Å². The van der Waals surface area contributed by atoms with E-state index >= 15 is 0 Å². The predicted octanol–water partition coefficient (Wildman–Crippen LogP) is 0.584. The lowest BCUT2D eigenvalue weighted by Crippen LogP contribution is -2.40. The molecule has 1 saturated heterocycles. The topological polar surface area (TPSA) is 35.5 Å². The highest BCUT2D eigenvalue weighted by atomic mass is 16.3. The van der Waals surface area contributed by atoms with Crippen LogP contribution in [0, 0.1) is 0 Å². The van der Waals surface area contributed by atoms with Gasteiger partial charge < -0.3 is 10.4 Å². The molecule has 82 valence electrons. The van der Waals surface area contributed by atoms with Crippen molar-refractivity contribution in [2.45, 2.75) is 50.3 Å². The van der Waals surface area contributed by atoms with Gasteiger partial charge in [-0.25, -0.2) is 0 Å². The maximum absolute atomic E-state index is 9.47. The maximum atomic E-state index is 9.47. The molecule has 3 heteroatoms. The van der Waals surface area contributed by atoms with Crippen LogP contribution in [-0.4, -0.2) is 48.3 Å². The first-order chi connectivity index (χ1) is 6.79. The zero-order chi connectivity index (χ0) is 9.97. The molecule has 2 rings (SSSR count). The highest BCUT2D eigenvalue weighted by Crippen LogP contribution is 2.25. The van der Waals surface area contributed by atoms with Gasteiger partial charge in [0, 0.05) is 25.2 Å². The third-order valence-electron chi connectivity index (χ3n) is 3.82. The number of hydrogen-bond acceptors (Lipinski definition) is 3. The highest BCUT2D eigenvalue weighted by Gasteiger charge is 2.29. The number of nitrogens with one attached hydrogen (secondary N) is 1. The molecule has 0 aromatic rings. The van der Waals surface area contributed by atoms with Crippen LogP contribution in [0.5, 0.6) is 0 Å². The number of rotatable bonds is 2. The molecule has 2 aliphatic rings. The van der Waals surface area contributed by atoms with Gasteiger partial charge in [0.1, 0.15) is 0 Å². The minimum Gasteiger partial charge on any atom is -0.392 e. The molecule has 0 radical (unpaired) electrons. The highest BCUT2D eigenvalue weighted by molar-refractivity contribution is 4.86. The van der Waals surface area contributed by atoms with Gasteiger partial charge in [-0.2, -0.15) is 0 Å². The Morgan fingerprint density at radius 3 is 2.36 bits per heavy atom. The molecule has 3 nitrogen and oxygen atoms in total. The molecule has 1 heterocycles. The fraction of sp³-hybridized carbons (Fsp3) is 1.00. The number of aliphatic hydroxyl groups excluding tert-OH is 1. The number of nitrogens with zero attached hydrogens (tertiary/aromatic N) is 1. The Hall–Kier alpha value is -0.120. The summed E-state index contributed by atoms with van der Waals surface area (Å²) in [6.45, 7) is 2.02. The van der Waals surface area contributed by atoms with Gasteiger partial charge in [0.05, 0.1) is 6.10 Å². The van der Waals surface area contributed by atoms with E-state index in [9.17, 15) is 5.11 Å². The fourth-order valence-corrected chi connectivity index (χ4v) is 2.83. The average Bonchev–Trinajstić information content (AvgIpc) is 2.65. The third-order valence-corrected chi connectivity index (χ3v) is 3.82. The molecule has 2 fully saturated rings. The summed E-state index contributed by atoms with van der Waals surface area (Å²) in [6, 6.07) is 1.48. The van der Waals surface area contributed by atoms with E-state index < -0.39 is 0 Å². The normalized spacial score (nSPS) is 40.3. The minimum absolute atomic E-state index is 0.0583. The van der Waals surface area contributed by atoms with Crippen LogP contribution in [-0.2, 0) is 0 Å². The predicted molar refractivity (Wildman–Crippen MR) is 57.3 cm³/mol. The first-order valence-corrected chi connectivity index (χ1v) is 5.89. The Balaban J connectivity index is 1.78. The average molecular weight is 198 g/mol. The van der Waals surface area contributed by atoms with E-state index in [-0.39, 0.29) is 6.10 Å². The maximum Gasteiger partial charge on any atom is 0.0679 e. The van der Waals surface area contributed by atoms with Gasteiger partial charge in [-0.3, -0.25) is 4.90 Å². The zero-order valence-corrected chi connectivity index (χ0v) is 9.08. The van der Waals surface area contributed by atoms with Crippen molar-refractivity contribution in [3.63, 3.8) is 0 Å². The van der Waals surface area contributed by atoms with Crippen molar-refractivity contribution in [3.8, 4) is 0 Å². The smallest absolute Gasteiger partial charge is 0.0679 e. The number of aliphatic hydroxyl groups is 1. The molecule has 0 bridgehead atoms. The molecule has 1 aliphatic carbocycles. The Labute approximate surface area is 86.5 Å². The van der Waals surface area contributed by atoms with Crippen molar-refractivity contribution < 1.29 is 5.11 Å². The lowest BCUT2D eigenvalue weighted by atomic mass is 9.90. The van der Waals surface area contributed by atoms with Gasteiger partial charge in [-0.05, 0) is 39.2 Å². The van der Waals surface area contributed by atoms with Crippen molar-refractivity contribution in [1.82, 2.24) is 10.2 Å². The van der Waals surface area contributed by atoms with E-state index in [1.54, 1.807) is 0 Å². The molecule has 1 aliphatic heterocycles. The van der Waals surface area contributed by atoms with Crippen LogP contribution < -0.4 is 5.32 Å². The van der Waals surface area contributed by atoms with Crippen LogP contribution >= 0.6 is 0 Å². The van der Waals surface area contributed by atoms with Gasteiger partial charge in [-0.15, -0.1) is 0 Å². The number of likely N-dealkylation sites (tertiary alicyclic amines) is 1. The molecule has 14 heavy (non-hydrogen) atoms. The van der Waals surface area contributed by atoms with Crippen molar-refractivity contribution in [3.05, 3.63) is 0 Å². The summed E-state index contributed by atoms with van der Waals surface area (Å²) in [5.74, 6) is 0. The van der Waals surface area contributed by atoms with Gasteiger partial charge in [-0.1, -0.05) is 0 Å². The molecule has 0 amide bonds. The summed E-state index contributed by atoms with van der Waals surface area (Å²) in [4.78, 5) is 2.48. The van der Waals surface area contributed by atoms with Crippen molar-refractivity contribution >= 4 is 0 Å². The molecular formula is C11H22N2O. The van der Waals surface area contributed by atoms with E-state index in [4.69, 9.17) is 0 Å². The van der Waals surface area contributed by atoms with E-state index in [0.29, 0.717) is 0 Å². The Morgan fingerprint density at radius 1 is 1.14 bits per heavy atom. The van der Waals surface area contributed by atoms with Crippen LogP contribution in [0.15, 0.2) is 0 Å². The van der Waals surface area contributed by atoms with E-state index in [1.165, 1.54) is 25.7 Å². The van der Waals surface area contributed by atoms with Gasteiger partial charge >= 0.3 is 0 Å². The van der Waals surface area contributed by atoms with Crippen LogP contribution in [0.2, 0.25) is 0 Å². The van der Waals surface area contributed by atoms with Crippen LogP contribution in [0.3, 0.4) is 0 Å². The van der Waals surface area contributed by atoms with E-state index in [0.717, 1.165) is 31.6 Å². The zero-order valence-electron chi connectivity index (χ0n) is 9.08. The molecular weight excluding hydrogens is 176 g/mol. The molecule has 0 spiro atoms. The first-order valence-electron chi connectivity index (χ1n) is 5.89. The van der Waals surface area contributed by atoms with Gasteiger partial charge in [0.15, 0.2) is 0 Å². The summed E-state index contributed by atoms with van der Waals surface area (Å²) in [5, 5.41) is 12.8. The van der Waals surface area contributed by atoms with Crippen molar-refractivity contribution in [2.75, 3.05) is 20.1 Å². The summed E-state index contributed by atoms with van der Waals surface area (Å²) in [5.41, 5.74) is 0. The quantitative estimate of drug-likeness (QED) is 0.681. The van der Waals surface area contributed by atoms with Gasteiger partial charge in [0.25, 0.3) is 0 Å². The van der Waals surface area contributed by atoms with Crippen LogP contribution in [0.25, 0.3) is 0 Å². The van der Waals surface area contributed by atoms with Crippen LogP contribution in [0.4, 0.5) is 0 Å². The monoisotopic (exact) mass is 198 g/mol. The molecule has 0 aromatic carbocycles. The molecule has 1 atom stereocenters. The molecule has 0 unspecified atom stereocenters. The second-order valence-electron chi connectivity index (χ2n) is 4.73. The summed E-state index contributed by atoms with van der Waals surface area (Å²) in [6.07, 6.45) is 6.13. The Kier molecular flexibility index (Phi) is 3.42. The summed E-state index contributed by atoms with van der Waals surface area (Å²) >= 11 is 0.